The van der Waals surface area contributed by atoms with E-state index in [-0.39, 0.29) is 17.2 Å². The summed E-state index contributed by atoms with van der Waals surface area (Å²) in [6.45, 7) is 4.66. The van der Waals surface area contributed by atoms with Gasteiger partial charge in [0.2, 0.25) is 5.91 Å². The lowest BCUT2D eigenvalue weighted by molar-refractivity contribution is -0.138. The minimum atomic E-state index is -4.66. The van der Waals surface area contributed by atoms with E-state index in [1.807, 2.05) is 0 Å². The summed E-state index contributed by atoms with van der Waals surface area (Å²) in [7, 11) is 0. The lowest BCUT2D eigenvalue weighted by Gasteiger charge is -2.12. The van der Waals surface area contributed by atoms with Crippen molar-refractivity contribution in [2.75, 3.05) is 11.9 Å². The number of esters is 1. The van der Waals surface area contributed by atoms with Crippen LogP contribution in [0.25, 0.3) is 10.2 Å². The van der Waals surface area contributed by atoms with Crippen LogP contribution in [-0.4, -0.2) is 28.0 Å². The van der Waals surface area contributed by atoms with Crippen molar-refractivity contribution in [3.8, 4) is 0 Å². The van der Waals surface area contributed by atoms with Gasteiger partial charge in [-0.3, -0.25) is 9.59 Å². The molecule has 1 N–H and O–H groups in total. The summed E-state index contributed by atoms with van der Waals surface area (Å²) < 4.78 is 44.5. The standard InChI is InChI=1S/C20H18F3N3O4S/c1-4-30-19(29)17-16(15-10(2)7-11(3)24-18(15)31-17)25-13(27)9-26-8-12(20(21,22)23)5-6-14(26)28/h5-8H,4,9H2,1-3H3,(H,25,27). The van der Waals surface area contributed by atoms with E-state index in [1.54, 1.807) is 26.8 Å². The van der Waals surface area contributed by atoms with Crippen LogP contribution in [0.2, 0.25) is 0 Å². The number of hydrogen-bond acceptors (Lipinski definition) is 6. The number of carbonyl (C=O) groups is 2. The molecule has 0 aliphatic carbocycles. The molecule has 0 saturated heterocycles. The number of halogens is 3. The molecule has 0 radical (unpaired) electrons. The Morgan fingerprint density at radius 2 is 1.97 bits per heavy atom. The van der Waals surface area contributed by atoms with Crippen molar-refractivity contribution in [1.82, 2.24) is 9.55 Å². The van der Waals surface area contributed by atoms with E-state index < -0.39 is 35.7 Å². The molecule has 0 atom stereocenters. The van der Waals surface area contributed by atoms with E-state index in [0.717, 1.165) is 28.7 Å². The van der Waals surface area contributed by atoms with Crippen molar-refractivity contribution < 1.29 is 27.5 Å². The third-order valence-electron chi connectivity index (χ3n) is 4.34. The topological polar surface area (TPSA) is 90.3 Å². The van der Waals surface area contributed by atoms with Gasteiger partial charge < -0.3 is 14.6 Å². The number of fused-ring (bicyclic) bond motifs is 1. The number of pyridine rings is 2. The second kappa shape index (κ2) is 8.50. The van der Waals surface area contributed by atoms with Crippen LogP contribution in [-0.2, 0) is 22.3 Å². The van der Waals surface area contributed by atoms with Crippen molar-refractivity contribution in [3.05, 3.63) is 56.4 Å². The molecule has 11 heteroatoms. The zero-order chi connectivity index (χ0) is 22.9. The zero-order valence-electron chi connectivity index (χ0n) is 16.8. The highest BCUT2D eigenvalue weighted by Gasteiger charge is 2.31. The lowest BCUT2D eigenvalue weighted by atomic mass is 10.1. The number of alkyl halides is 3. The maximum Gasteiger partial charge on any atom is 0.417 e. The molecule has 7 nitrogen and oxygen atoms in total. The Morgan fingerprint density at radius 1 is 1.26 bits per heavy atom. The number of hydrogen-bond donors (Lipinski definition) is 1. The fraction of sp³-hybridized carbons (Fsp3) is 0.300. The largest absolute Gasteiger partial charge is 0.462 e. The Bertz CT molecular complexity index is 1230. The molecule has 0 aliphatic rings. The molecule has 0 saturated carbocycles. The van der Waals surface area contributed by atoms with Crippen molar-refractivity contribution in [3.63, 3.8) is 0 Å². The molecular formula is C20H18F3N3O4S. The molecule has 0 aliphatic heterocycles. The van der Waals surface area contributed by atoms with Gasteiger partial charge in [0.15, 0.2) is 0 Å². The van der Waals surface area contributed by atoms with Gasteiger partial charge in [0, 0.05) is 23.3 Å². The van der Waals surface area contributed by atoms with Crippen LogP contribution >= 0.6 is 11.3 Å². The van der Waals surface area contributed by atoms with Crippen molar-refractivity contribution in [1.29, 1.82) is 0 Å². The van der Waals surface area contributed by atoms with E-state index in [4.69, 9.17) is 4.74 Å². The Kier molecular flexibility index (Phi) is 6.16. The highest BCUT2D eigenvalue weighted by Crippen LogP contribution is 2.37. The number of anilines is 1. The Hall–Kier alpha value is -3.21. The first-order chi connectivity index (χ1) is 14.5. The van der Waals surface area contributed by atoms with Gasteiger partial charge in [0.1, 0.15) is 16.3 Å². The highest BCUT2D eigenvalue weighted by molar-refractivity contribution is 7.21. The number of rotatable bonds is 5. The number of amides is 1. The van der Waals surface area contributed by atoms with Crippen LogP contribution in [0, 0.1) is 13.8 Å². The monoisotopic (exact) mass is 453 g/mol. The van der Waals surface area contributed by atoms with Gasteiger partial charge in [-0.05, 0) is 38.5 Å². The first-order valence-corrected chi connectivity index (χ1v) is 9.98. The zero-order valence-corrected chi connectivity index (χ0v) is 17.6. The summed E-state index contributed by atoms with van der Waals surface area (Å²) in [5, 5.41) is 3.09. The average molecular weight is 453 g/mol. The normalized spacial score (nSPS) is 11.5. The summed E-state index contributed by atoms with van der Waals surface area (Å²) in [6.07, 6.45) is -4.08. The average Bonchev–Trinajstić information content (AvgIpc) is 3.01. The summed E-state index contributed by atoms with van der Waals surface area (Å²) in [5.41, 5.74) is -0.189. The van der Waals surface area contributed by atoms with Crippen LogP contribution < -0.4 is 10.9 Å². The second-order valence-corrected chi connectivity index (χ2v) is 7.72. The predicted molar refractivity (Wildman–Crippen MR) is 109 cm³/mol. The van der Waals surface area contributed by atoms with Crippen LogP contribution in [0.15, 0.2) is 29.2 Å². The van der Waals surface area contributed by atoms with Gasteiger partial charge in [-0.1, -0.05) is 0 Å². The number of aromatic nitrogens is 2. The first kappa shape index (κ1) is 22.5. The van der Waals surface area contributed by atoms with Gasteiger partial charge in [-0.25, -0.2) is 9.78 Å². The Balaban J connectivity index is 1.99. The molecule has 0 spiro atoms. The lowest BCUT2D eigenvalue weighted by Crippen LogP contribution is -2.28. The third-order valence-corrected chi connectivity index (χ3v) is 5.40. The summed E-state index contributed by atoms with van der Waals surface area (Å²) >= 11 is 1.04. The molecule has 164 valence electrons. The van der Waals surface area contributed by atoms with Crippen LogP contribution in [0.3, 0.4) is 0 Å². The van der Waals surface area contributed by atoms with E-state index in [1.165, 1.54) is 0 Å². The fourth-order valence-corrected chi connectivity index (χ4v) is 4.20. The quantitative estimate of drug-likeness (QED) is 0.592. The molecule has 3 aromatic heterocycles. The summed E-state index contributed by atoms with van der Waals surface area (Å²) in [4.78, 5) is 42.0. The fourth-order valence-electron chi connectivity index (χ4n) is 3.06. The molecule has 0 aromatic carbocycles. The molecule has 0 bridgehead atoms. The van der Waals surface area contributed by atoms with Gasteiger partial charge in [0.25, 0.3) is 5.56 Å². The molecule has 3 rings (SSSR count). The maximum atomic E-state index is 12.9. The SMILES string of the molecule is CCOC(=O)c1sc2nc(C)cc(C)c2c1NC(=O)Cn1cc(C(F)(F)F)ccc1=O. The van der Waals surface area contributed by atoms with Crippen molar-refractivity contribution >= 4 is 39.1 Å². The van der Waals surface area contributed by atoms with Crippen LogP contribution in [0.5, 0.6) is 0 Å². The number of aryl methyl sites for hydroxylation is 2. The number of nitrogens with zero attached hydrogens (tertiary/aromatic N) is 2. The maximum absolute atomic E-state index is 12.9. The third kappa shape index (κ3) is 4.76. The number of thiophene rings is 1. The van der Waals surface area contributed by atoms with E-state index >= 15 is 0 Å². The molecule has 0 fully saturated rings. The van der Waals surface area contributed by atoms with E-state index in [9.17, 15) is 27.6 Å². The van der Waals surface area contributed by atoms with Crippen LogP contribution in [0.1, 0.15) is 33.4 Å². The van der Waals surface area contributed by atoms with Crippen molar-refractivity contribution in [2.24, 2.45) is 0 Å². The molecule has 3 aromatic rings. The Labute approximate surface area is 178 Å². The highest BCUT2D eigenvalue weighted by atomic mass is 32.1. The molecular weight excluding hydrogens is 435 g/mol. The predicted octanol–water partition coefficient (Wildman–Crippen LogP) is 3.91. The minimum absolute atomic E-state index is 0.114. The Morgan fingerprint density at radius 3 is 2.61 bits per heavy atom. The summed E-state index contributed by atoms with van der Waals surface area (Å²) in [5.74, 6) is -1.43. The van der Waals surface area contributed by atoms with Gasteiger partial charge in [-0.15, -0.1) is 11.3 Å². The molecule has 1 amide bonds. The van der Waals surface area contributed by atoms with Crippen molar-refractivity contribution in [2.45, 2.75) is 33.5 Å². The van der Waals surface area contributed by atoms with E-state index in [0.29, 0.717) is 27.0 Å². The molecule has 31 heavy (non-hydrogen) atoms. The number of nitrogens with one attached hydrogen (secondary N) is 1. The van der Waals surface area contributed by atoms with Gasteiger partial charge in [-0.2, -0.15) is 13.2 Å². The minimum Gasteiger partial charge on any atom is -0.462 e. The van der Waals surface area contributed by atoms with Gasteiger partial charge in [0.05, 0.1) is 17.9 Å². The number of ether oxygens (including phenoxy) is 1. The number of carbonyl (C=O) groups excluding carboxylic acids is 2. The second-order valence-electron chi connectivity index (χ2n) is 6.72. The first-order valence-electron chi connectivity index (χ1n) is 9.16. The van der Waals surface area contributed by atoms with Crippen LogP contribution in [0.4, 0.5) is 18.9 Å². The van der Waals surface area contributed by atoms with E-state index in [2.05, 4.69) is 10.3 Å². The summed E-state index contributed by atoms with van der Waals surface area (Å²) in [6, 6.07) is 3.17. The molecule has 3 heterocycles. The molecule has 0 unspecified atom stereocenters. The van der Waals surface area contributed by atoms with Gasteiger partial charge >= 0.3 is 12.1 Å². The smallest absolute Gasteiger partial charge is 0.417 e.